The summed E-state index contributed by atoms with van der Waals surface area (Å²) in [6, 6.07) is 13.6. The molecular weight excluding hydrogens is 276 g/mol. The molecule has 0 saturated heterocycles. The van der Waals surface area contributed by atoms with Gasteiger partial charge < -0.3 is 10.5 Å². The predicted octanol–water partition coefficient (Wildman–Crippen LogP) is 3.37. The number of hydrogen-bond donors (Lipinski definition) is 2. The molecule has 22 heavy (non-hydrogen) atoms. The van der Waals surface area contributed by atoms with Crippen molar-refractivity contribution in [3.8, 4) is 17.0 Å². The van der Waals surface area contributed by atoms with Gasteiger partial charge in [-0.3, -0.25) is 10.1 Å². The van der Waals surface area contributed by atoms with E-state index >= 15 is 0 Å². The Labute approximate surface area is 126 Å². The number of hydrogen-bond acceptors (Lipinski definition) is 4. The third-order valence-electron chi connectivity index (χ3n) is 3.83. The van der Waals surface area contributed by atoms with Gasteiger partial charge in [-0.1, -0.05) is 12.1 Å². The van der Waals surface area contributed by atoms with Crippen LogP contribution in [0.1, 0.15) is 0 Å². The van der Waals surface area contributed by atoms with E-state index in [1.54, 1.807) is 13.3 Å². The first-order valence-electron chi connectivity index (χ1n) is 6.94. The summed E-state index contributed by atoms with van der Waals surface area (Å²) in [4.78, 5) is 4.43. The molecule has 4 rings (SSSR count). The van der Waals surface area contributed by atoms with Gasteiger partial charge in [0.1, 0.15) is 17.0 Å². The number of anilines is 1. The molecule has 5 nitrogen and oxygen atoms in total. The highest BCUT2D eigenvalue weighted by atomic mass is 16.5. The molecule has 0 aliphatic heterocycles. The zero-order chi connectivity index (χ0) is 15.1. The second-order valence-corrected chi connectivity index (χ2v) is 5.06. The summed E-state index contributed by atoms with van der Waals surface area (Å²) in [5, 5.41) is 9.41. The molecule has 0 spiro atoms. The number of ether oxygens (including phenoxy) is 1. The molecule has 0 fully saturated rings. The highest BCUT2D eigenvalue weighted by Gasteiger charge is 2.15. The highest BCUT2D eigenvalue weighted by molar-refractivity contribution is 6.07. The summed E-state index contributed by atoms with van der Waals surface area (Å²) in [7, 11) is 1.64. The van der Waals surface area contributed by atoms with Crippen molar-refractivity contribution in [1.29, 1.82) is 0 Å². The van der Waals surface area contributed by atoms with Crippen molar-refractivity contribution < 1.29 is 4.74 Å². The number of nitrogens with zero attached hydrogens (tertiary/aromatic N) is 2. The number of benzene rings is 2. The van der Waals surface area contributed by atoms with Crippen molar-refractivity contribution in [3.63, 3.8) is 0 Å². The number of H-pyrrole nitrogens is 1. The van der Waals surface area contributed by atoms with Crippen LogP contribution < -0.4 is 10.5 Å². The van der Waals surface area contributed by atoms with E-state index in [0.717, 1.165) is 38.8 Å². The van der Waals surface area contributed by atoms with Gasteiger partial charge in [0, 0.05) is 22.8 Å². The van der Waals surface area contributed by atoms with E-state index in [9.17, 15) is 0 Å². The summed E-state index contributed by atoms with van der Waals surface area (Å²) < 4.78 is 5.40. The van der Waals surface area contributed by atoms with Gasteiger partial charge in [0.15, 0.2) is 0 Å². The molecule has 2 heterocycles. The first-order chi connectivity index (χ1) is 10.8. The third kappa shape index (κ3) is 1.72. The third-order valence-corrected chi connectivity index (χ3v) is 3.83. The first kappa shape index (κ1) is 12.6. The largest absolute Gasteiger partial charge is 0.494 e. The number of pyridine rings is 1. The molecule has 0 bridgehead atoms. The maximum Gasteiger partial charge on any atom is 0.145 e. The van der Waals surface area contributed by atoms with E-state index in [2.05, 4.69) is 15.2 Å². The molecule has 0 atom stereocenters. The number of nitrogen functional groups attached to an aromatic ring is 1. The van der Waals surface area contributed by atoms with Gasteiger partial charge in [0.25, 0.3) is 0 Å². The lowest BCUT2D eigenvalue weighted by Crippen LogP contribution is -1.91. The Bertz CT molecular complexity index is 990. The maximum absolute atomic E-state index is 6.14. The monoisotopic (exact) mass is 290 g/mol. The Kier molecular flexibility index (Phi) is 2.72. The van der Waals surface area contributed by atoms with Crippen LogP contribution in [-0.2, 0) is 0 Å². The molecule has 0 saturated carbocycles. The van der Waals surface area contributed by atoms with E-state index < -0.39 is 0 Å². The van der Waals surface area contributed by atoms with Crippen molar-refractivity contribution in [1.82, 2.24) is 15.2 Å². The fraction of sp³-hybridized carbons (Fsp3) is 0.0588. The molecule has 0 aliphatic rings. The fourth-order valence-electron chi connectivity index (χ4n) is 2.81. The fourth-order valence-corrected chi connectivity index (χ4v) is 2.81. The van der Waals surface area contributed by atoms with Gasteiger partial charge in [0.2, 0.25) is 0 Å². The number of rotatable bonds is 2. The summed E-state index contributed by atoms with van der Waals surface area (Å²) in [5.41, 5.74) is 10.4. The minimum absolute atomic E-state index is 0.703. The Hall–Kier alpha value is -3.08. The Balaban J connectivity index is 2.09. The number of aromatic nitrogens is 3. The summed E-state index contributed by atoms with van der Waals surface area (Å²) >= 11 is 0. The Morgan fingerprint density at radius 3 is 2.86 bits per heavy atom. The van der Waals surface area contributed by atoms with Gasteiger partial charge in [0.05, 0.1) is 18.0 Å². The summed E-state index contributed by atoms with van der Waals surface area (Å²) in [6.07, 6.45) is 1.76. The van der Waals surface area contributed by atoms with E-state index in [1.165, 1.54) is 0 Å². The lowest BCUT2D eigenvalue weighted by molar-refractivity contribution is 0.419. The zero-order valence-electron chi connectivity index (χ0n) is 12.0. The minimum atomic E-state index is 0.703. The topological polar surface area (TPSA) is 76.8 Å². The number of methoxy groups -OCH3 is 1. The smallest absolute Gasteiger partial charge is 0.145 e. The number of fused-ring (bicyclic) bond motifs is 2. The summed E-state index contributed by atoms with van der Waals surface area (Å²) in [6.45, 7) is 0. The van der Waals surface area contributed by atoms with Crippen LogP contribution in [0.4, 0.5) is 5.69 Å². The van der Waals surface area contributed by atoms with Crippen LogP contribution in [0, 0.1) is 0 Å². The van der Waals surface area contributed by atoms with E-state index in [0.29, 0.717) is 5.69 Å². The molecule has 0 unspecified atom stereocenters. The quantitative estimate of drug-likeness (QED) is 0.555. The average molecular weight is 290 g/mol. The van der Waals surface area contributed by atoms with Crippen molar-refractivity contribution >= 4 is 27.5 Å². The molecule has 5 heteroatoms. The Morgan fingerprint density at radius 2 is 2.00 bits per heavy atom. The first-order valence-corrected chi connectivity index (χ1v) is 6.94. The standard InChI is InChI=1S/C17H14N4O/c1-22-14-8-7-11(10-4-3-9-19-16(10)14)17-15-12(18)5-2-6-13(15)20-21-17/h2-9H,18H2,1H3,(H,20,21). The predicted molar refractivity (Wildman–Crippen MR) is 87.8 cm³/mol. The lowest BCUT2D eigenvalue weighted by Gasteiger charge is -2.08. The van der Waals surface area contributed by atoms with Crippen molar-refractivity contribution in [2.24, 2.45) is 0 Å². The molecule has 108 valence electrons. The number of nitrogens with two attached hydrogens (primary N) is 1. The van der Waals surface area contributed by atoms with Gasteiger partial charge >= 0.3 is 0 Å². The molecule has 2 aromatic carbocycles. The maximum atomic E-state index is 6.14. The zero-order valence-corrected chi connectivity index (χ0v) is 12.0. The van der Waals surface area contributed by atoms with E-state index in [-0.39, 0.29) is 0 Å². The van der Waals surface area contributed by atoms with Gasteiger partial charge in [-0.25, -0.2) is 0 Å². The molecule has 0 aliphatic carbocycles. The molecule has 0 amide bonds. The average Bonchev–Trinajstić information content (AvgIpc) is 2.99. The van der Waals surface area contributed by atoms with Crippen LogP contribution >= 0.6 is 0 Å². The van der Waals surface area contributed by atoms with Crippen molar-refractivity contribution in [2.75, 3.05) is 12.8 Å². The number of aromatic amines is 1. The normalized spacial score (nSPS) is 11.1. The van der Waals surface area contributed by atoms with Crippen LogP contribution in [0.3, 0.4) is 0 Å². The van der Waals surface area contributed by atoms with E-state index in [1.807, 2.05) is 42.5 Å². The van der Waals surface area contributed by atoms with Crippen LogP contribution in [0.25, 0.3) is 33.1 Å². The van der Waals surface area contributed by atoms with Crippen LogP contribution in [-0.4, -0.2) is 22.3 Å². The van der Waals surface area contributed by atoms with Gasteiger partial charge in [-0.2, -0.15) is 5.10 Å². The SMILES string of the molecule is COc1ccc(-c2n[nH]c3cccc(N)c23)c2cccnc12. The van der Waals surface area contributed by atoms with Crippen LogP contribution in [0.2, 0.25) is 0 Å². The molecule has 0 radical (unpaired) electrons. The number of nitrogens with one attached hydrogen (secondary N) is 1. The van der Waals surface area contributed by atoms with Crippen molar-refractivity contribution in [2.45, 2.75) is 0 Å². The molecule has 3 N–H and O–H groups in total. The second-order valence-electron chi connectivity index (χ2n) is 5.06. The molecule has 2 aromatic heterocycles. The second kappa shape index (κ2) is 4.73. The van der Waals surface area contributed by atoms with Crippen LogP contribution in [0.5, 0.6) is 5.75 Å². The Morgan fingerprint density at radius 1 is 1.09 bits per heavy atom. The minimum Gasteiger partial charge on any atom is -0.494 e. The highest BCUT2D eigenvalue weighted by Crippen LogP contribution is 2.36. The molecular formula is C17H14N4O. The van der Waals surface area contributed by atoms with Crippen LogP contribution in [0.15, 0.2) is 48.7 Å². The van der Waals surface area contributed by atoms with E-state index in [4.69, 9.17) is 10.5 Å². The van der Waals surface area contributed by atoms with Gasteiger partial charge in [-0.15, -0.1) is 0 Å². The lowest BCUT2D eigenvalue weighted by atomic mass is 10.0. The molecule has 4 aromatic rings. The van der Waals surface area contributed by atoms with Gasteiger partial charge in [-0.05, 0) is 30.3 Å². The van der Waals surface area contributed by atoms with Crippen molar-refractivity contribution in [3.05, 3.63) is 48.7 Å². The summed E-state index contributed by atoms with van der Waals surface area (Å²) in [5.74, 6) is 0.743.